The second-order valence-corrected chi connectivity index (χ2v) is 6.34. The highest BCUT2D eigenvalue weighted by Crippen LogP contribution is 2.45. The summed E-state index contributed by atoms with van der Waals surface area (Å²) in [5, 5.41) is 13.1. The van der Waals surface area contributed by atoms with E-state index in [1.165, 1.54) is 5.56 Å². The van der Waals surface area contributed by atoms with Gasteiger partial charge in [-0.2, -0.15) is 0 Å². The van der Waals surface area contributed by atoms with E-state index in [-0.39, 0.29) is 17.6 Å². The third-order valence-electron chi connectivity index (χ3n) is 4.72. The Balaban J connectivity index is 1.71. The van der Waals surface area contributed by atoms with E-state index in [4.69, 9.17) is 4.74 Å². The van der Waals surface area contributed by atoms with E-state index in [9.17, 15) is 9.90 Å². The van der Waals surface area contributed by atoms with Gasteiger partial charge in [0.25, 0.3) is 0 Å². The van der Waals surface area contributed by atoms with Crippen molar-refractivity contribution in [2.45, 2.75) is 44.4 Å². The number of ether oxygens (including phenoxy) is 1. The minimum absolute atomic E-state index is 0.116. The number of rotatable bonds is 4. The molecule has 2 N–H and O–H groups in total. The van der Waals surface area contributed by atoms with E-state index in [0.717, 1.165) is 18.4 Å². The monoisotopic (exact) mass is 304 g/mol. The SMILES string of the molecule is CCN(C(=O)NC1(c2ccc(C)cc2)CC1)C1COCC1O. The number of carbonyl (C=O) groups excluding carboxylic acids is 1. The number of aliphatic hydroxyl groups is 1. The molecular formula is C17H24N2O3. The molecule has 5 heteroatoms. The summed E-state index contributed by atoms with van der Waals surface area (Å²) in [7, 11) is 0. The van der Waals surface area contributed by atoms with Crippen molar-refractivity contribution in [3.63, 3.8) is 0 Å². The van der Waals surface area contributed by atoms with Crippen LogP contribution >= 0.6 is 0 Å². The van der Waals surface area contributed by atoms with Crippen LogP contribution in [0.15, 0.2) is 24.3 Å². The van der Waals surface area contributed by atoms with Crippen molar-refractivity contribution in [2.75, 3.05) is 19.8 Å². The van der Waals surface area contributed by atoms with E-state index >= 15 is 0 Å². The van der Waals surface area contributed by atoms with Crippen molar-refractivity contribution >= 4 is 6.03 Å². The van der Waals surface area contributed by atoms with Gasteiger partial charge in [-0.05, 0) is 32.3 Å². The van der Waals surface area contributed by atoms with Gasteiger partial charge < -0.3 is 20.1 Å². The molecule has 120 valence electrons. The first-order chi connectivity index (χ1) is 10.6. The molecule has 2 amide bonds. The maximum absolute atomic E-state index is 12.7. The summed E-state index contributed by atoms with van der Waals surface area (Å²) >= 11 is 0. The molecule has 1 saturated carbocycles. The highest BCUT2D eigenvalue weighted by Gasteiger charge is 2.47. The first-order valence-corrected chi connectivity index (χ1v) is 7.97. The molecular weight excluding hydrogens is 280 g/mol. The third-order valence-corrected chi connectivity index (χ3v) is 4.72. The highest BCUT2D eigenvalue weighted by molar-refractivity contribution is 5.76. The minimum Gasteiger partial charge on any atom is -0.388 e. The average molecular weight is 304 g/mol. The summed E-state index contributed by atoms with van der Waals surface area (Å²) in [6.07, 6.45) is 1.33. The molecule has 1 heterocycles. The van der Waals surface area contributed by atoms with E-state index in [0.29, 0.717) is 19.8 Å². The normalized spacial score (nSPS) is 25.8. The molecule has 0 radical (unpaired) electrons. The first-order valence-electron chi connectivity index (χ1n) is 7.97. The maximum Gasteiger partial charge on any atom is 0.318 e. The predicted molar refractivity (Wildman–Crippen MR) is 83.6 cm³/mol. The fraction of sp³-hybridized carbons (Fsp3) is 0.588. The number of urea groups is 1. The zero-order chi connectivity index (χ0) is 15.7. The Kier molecular flexibility index (Phi) is 4.10. The lowest BCUT2D eigenvalue weighted by atomic mass is 10.0. The molecule has 1 aliphatic carbocycles. The Labute approximate surface area is 131 Å². The summed E-state index contributed by atoms with van der Waals surface area (Å²) in [4.78, 5) is 14.3. The Hall–Kier alpha value is -1.59. The van der Waals surface area contributed by atoms with Gasteiger partial charge in [0.1, 0.15) is 0 Å². The molecule has 1 aromatic rings. The van der Waals surface area contributed by atoms with Crippen molar-refractivity contribution < 1.29 is 14.6 Å². The fourth-order valence-corrected chi connectivity index (χ4v) is 3.12. The fourth-order valence-electron chi connectivity index (χ4n) is 3.12. The van der Waals surface area contributed by atoms with Crippen LogP contribution in [0.25, 0.3) is 0 Å². The average Bonchev–Trinajstić information content (AvgIpc) is 3.16. The number of benzene rings is 1. The van der Waals surface area contributed by atoms with Crippen LogP contribution in [-0.2, 0) is 10.3 Å². The largest absolute Gasteiger partial charge is 0.388 e. The topological polar surface area (TPSA) is 61.8 Å². The molecule has 0 spiro atoms. The van der Waals surface area contributed by atoms with Crippen LogP contribution in [0.4, 0.5) is 4.79 Å². The van der Waals surface area contributed by atoms with Crippen molar-refractivity contribution in [3.8, 4) is 0 Å². The summed E-state index contributed by atoms with van der Waals surface area (Å²) in [5.74, 6) is 0. The van der Waals surface area contributed by atoms with Gasteiger partial charge in [-0.1, -0.05) is 29.8 Å². The third kappa shape index (κ3) is 2.83. The zero-order valence-corrected chi connectivity index (χ0v) is 13.2. The van der Waals surface area contributed by atoms with Crippen LogP contribution in [-0.4, -0.2) is 47.9 Å². The number of aliphatic hydroxyl groups excluding tert-OH is 1. The first kappa shape index (κ1) is 15.3. The van der Waals surface area contributed by atoms with Crippen LogP contribution in [0.1, 0.15) is 30.9 Å². The quantitative estimate of drug-likeness (QED) is 0.891. The molecule has 2 unspecified atom stereocenters. The molecule has 3 rings (SSSR count). The second kappa shape index (κ2) is 5.89. The Bertz CT molecular complexity index is 539. The van der Waals surface area contributed by atoms with E-state index in [1.807, 2.05) is 6.92 Å². The van der Waals surface area contributed by atoms with E-state index in [2.05, 4.69) is 36.5 Å². The summed E-state index contributed by atoms with van der Waals surface area (Å²) in [6, 6.07) is 7.97. The predicted octanol–water partition coefficient (Wildman–Crippen LogP) is 1.78. The number of hydrogen-bond acceptors (Lipinski definition) is 3. The van der Waals surface area contributed by atoms with Crippen LogP contribution in [0.5, 0.6) is 0 Å². The van der Waals surface area contributed by atoms with Gasteiger partial charge in [-0.25, -0.2) is 4.79 Å². The lowest BCUT2D eigenvalue weighted by molar-refractivity contribution is 0.0950. The molecule has 2 aliphatic rings. The van der Waals surface area contributed by atoms with Crippen LogP contribution in [0.3, 0.4) is 0 Å². The highest BCUT2D eigenvalue weighted by atomic mass is 16.5. The molecule has 0 aromatic heterocycles. The number of carbonyl (C=O) groups is 1. The maximum atomic E-state index is 12.7. The lowest BCUT2D eigenvalue weighted by Gasteiger charge is -2.31. The van der Waals surface area contributed by atoms with Gasteiger partial charge in [0.05, 0.1) is 30.9 Å². The molecule has 22 heavy (non-hydrogen) atoms. The Morgan fingerprint density at radius 2 is 2.05 bits per heavy atom. The van der Waals surface area contributed by atoms with E-state index in [1.54, 1.807) is 4.90 Å². The number of amides is 2. The van der Waals surface area contributed by atoms with Crippen molar-refractivity contribution in [3.05, 3.63) is 35.4 Å². The summed E-state index contributed by atoms with van der Waals surface area (Å²) in [5.41, 5.74) is 2.14. The van der Waals surface area contributed by atoms with Gasteiger partial charge in [-0.15, -0.1) is 0 Å². The summed E-state index contributed by atoms with van der Waals surface area (Å²) in [6.45, 7) is 5.25. The number of aryl methyl sites for hydroxylation is 1. The molecule has 2 atom stereocenters. The second-order valence-electron chi connectivity index (χ2n) is 6.34. The van der Waals surface area contributed by atoms with Gasteiger partial charge in [0, 0.05) is 6.54 Å². The zero-order valence-electron chi connectivity index (χ0n) is 13.2. The number of hydrogen-bond donors (Lipinski definition) is 2. The van der Waals surface area contributed by atoms with Gasteiger partial charge >= 0.3 is 6.03 Å². The molecule has 1 aromatic carbocycles. The number of nitrogens with one attached hydrogen (secondary N) is 1. The summed E-state index contributed by atoms with van der Waals surface area (Å²) < 4.78 is 5.27. The molecule has 1 aliphatic heterocycles. The van der Waals surface area contributed by atoms with E-state index < -0.39 is 6.10 Å². The Morgan fingerprint density at radius 3 is 2.55 bits per heavy atom. The number of likely N-dealkylation sites (N-methyl/N-ethyl adjacent to an activating group) is 1. The number of nitrogens with zero attached hydrogens (tertiary/aromatic N) is 1. The Morgan fingerprint density at radius 1 is 1.36 bits per heavy atom. The standard InChI is InChI=1S/C17H24N2O3/c1-3-19(14-10-22-11-15(14)20)16(21)18-17(8-9-17)13-6-4-12(2)5-7-13/h4-7,14-15,20H,3,8-11H2,1-2H3,(H,18,21). The van der Waals surface area contributed by atoms with Crippen molar-refractivity contribution in [1.82, 2.24) is 10.2 Å². The smallest absolute Gasteiger partial charge is 0.318 e. The van der Waals surface area contributed by atoms with Crippen LogP contribution in [0, 0.1) is 6.92 Å². The van der Waals surface area contributed by atoms with Gasteiger partial charge in [-0.3, -0.25) is 0 Å². The van der Waals surface area contributed by atoms with Crippen LogP contribution < -0.4 is 5.32 Å². The molecule has 2 fully saturated rings. The van der Waals surface area contributed by atoms with Crippen molar-refractivity contribution in [2.24, 2.45) is 0 Å². The lowest BCUT2D eigenvalue weighted by Crippen LogP contribution is -2.52. The molecule has 5 nitrogen and oxygen atoms in total. The molecule has 0 bridgehead atoms. The molecule has 1 saturated heterocycles. The van der Waals surface area contributed by atoms with Gasteiger partial charge in [0.15, 0.2) is 0 Å². The van der Waals surface area contributed by atoms with Crippen molar-refractivity contribution in [1.29, 1.82) is 0 Å². The van der Waals surface area contributed by atoms with Crippen LogP contribution in [0.2, 0.25) is 0 Å². The minimum atomic E-state index is -0.597. The van der Waals surface area contributed by atoms with Gasteiger partial charge in [0.2, 0.25) is 0 Å².